The number of anilines is 1. The van der Waals surface area contributed by atoms with Gasteiger partial charge >= 0.3 is 0 Å². The number of hydrogen-bond acceptors (Lipinski definition) is 5. The average molecular weight is 415 g/mol. The molecule has 1 fully saturated rings. The molecule has 1 amide bonds. The normalized spacial score (nSPS) is 19.1. The summed E-state index contributed by atoms with van der Waals surface area (Å²) in [5.41, 5.74) is 3.09. The summed E-state index contributed by atoms with van der Waals surface area (Å²) in [4.78, 5) is 17.1. The van der Waals surface area contributed by atoms with Crippen molar-refractivity contribution >= 4 is 17.6 Å². The van der Waals surface area contributed by atoms with E-state index in [1.807, 2.05) is 46.2 Å². The Balaban J connectivity index is 1.52. The molecule has 1 saturated heterocycles. The lowest BCUT2D eigenvalue weighted by atomic mass is 9.99. The molecule has 31 heavy (non-hydrogen) atoms. The van der Waals surface area contributed by atoms with Gasteiger partial charge in [-0.25, -0.2) is 0 Å². The lowest BCUT2D eigenvalue weighted by Gasteiger charge is -2.35. The number of rotatable bonds is 4. The van der Waals surface area contributed by atoms with Gasteiger partial charge in [0.2, 0.25) is 5.91 Å². The number of piperidine rings is 1. The van der Waals surface area contributed by atoms with Crippen molar-refractivity contribution in [1.29, 1.82) is 0 Å². The Labute approximate surface area is 182 Å². The molecular formula is C24H26N6O. The summed E-state index contributed by atoms with van der Waals surface area (Å²) in [6.45, 7) is 4.10. The van der Waals surface area contributed by atoms with E-state index in [2.05, 4.69) is 52.8 Å². The molecule has 158 valence electrons. The average Bonchev–Trinajstić information content (AvgIpc) is 3.31. The third kappa shape index (κ3) is 3.83. The van der Waals surface area contributed by atoms with Crippen molar-refractivity contribution in [1.82, 2.24) is 25.1 Å². The Morgan fingerprint density at radius 2 is 1.68 bits per heavy atom. The molecule has 5 rings (SSSR count). The van der Waals surface area contributed by atoms with Crippen LogP contribution in [0.2, 0.25) is 0 Å². The molecule has 0 aliphatic carbocycles. The van der Waals surface area contributed by atoms with Crippen molar-refractivity contribution < 1.29 is 4.79 Å². The van der Waals surface area contributed by atoms with E-state index in [0.717, 1.165) is 42.8 Å². The van der Waals surface area contributed by atoms with Gasteiger partial charge in [0.1, 0.15) is 12.6 Å². The molecule has 0 saturated carbocycles. The van der Waals surface area contributed by atoms with Crippen LogP contribution in [0.5, 0.6) is 0 Å². The number of tetrazole rings is 1. The molecular weight excluding hydrogens is 388 g/mol. The van der Waals surface area contributed by atoms with Crippen LogP contribution in [0.1, 0.15) is 36.9 Å². The van der Waals surface area contributed by atoms with E-state index in [0.29, 0.717) is 11.9 Å². The van der Waals surface area contributed by atoms with Gasteiger partial charge in [-0.3, -0.25) is 9.69 Å². The van der Waals surface area contributed by atoms with E-state index in [9.17, 15) is 4.79 Å². The molecule has 1 aromatic heterocycles. The molecule has 0 N–H and O–H groups in total. The number of nitrogens with zero attached hydrogens (tertiary/aromatic N) is 6. The Hall–Kier alpha value is -3.48. The second kappa shape index (κ2) is 8.34. The van der Waals surface area contributed by atoms with Crippen LogP contribution in [0.15, 0.2) is 66.7 Å². The molecule has 0 radical (unpaired) electrons. The zero-order valence-corrected chi connectivity index (χ0v) is 17.6. The zero-order chi connectivity index (χ0) is 21.2. The topological polar surface area (TPSA) is 67.2 Å². The minimum absolute atomic E-state index is 0.112. The van der Waals surface area contributed by atoms with Crippen LogP contribution in [0.3, 0.4) is 0 Å². The van der Waals surface area contributed by atoms with E-state index in [1.165, 1.54) is 0 Å². The molecule has 1 atom stereocenters. The van der Waals surface area contributed by atoms with Gasteiger partial charge in [-0.2, -0.15) is 4.68 Å². The first-order valence-corrected chi connectivity index (χ1v) is 10.9. The molecule has 2 aliphatic rings. The number of carbonyl (C=O) groups is 1. The highest BCUT2D eigenvalue weighted by molar-refractivity contribution is 5.89. The smallest absolute Gasteiger partial charge is 0.251 e. The molecule has 2 aliphatic heterocycles. The summed E-state index contributed by atoms with van der Waals surface area (Å²) in [5.74, 6) is 1.38. The zero-order valence-electron chi connectivity index (χ0n) is 17.6. The summed E-state index contributed by atoms with van der Waals surface area (Å²) in [6, 6.07) is 20.2. The number of allylic oxidation sites excluding steroid dienone is 1. The first-order chi connectivity index (χ1) is 15.2. The Morgan fingerprint density at radius 3 is 2.39 bits per heavy atom. The Kier molecular flexibility index (Phi) is 5.24. The van der Waals surface area contributed by atoms with Gasteiger partial charge in [-0.15, -0.1) is 0 Å². The van der Waals surface area contributed by atoms with E-state index in [1.54, 1.807) is 4.68 Å². The second-order valence-electron chi connectivity index (χ2n) is 8.35. The number of fused-ring (bicyclic) bond motifs is 1. The Morgan fingerprint density at radius 1 is 1.00 bits per heavy atom. The van der Waals surface area contributed by atoms with E-state index >= 15 is 0 Å². The second-order valence-corrected chi connectivity index (χ2v) is 8.35. The fraction of sp³-hybridized carbons (Fsp3) is 0.333. The number of hydrogen-bond donors (Lipinski definition) is 0. The third-order valence-electron chi connectivity index (χ3n) is 6.23. The van der Waals surface area contributed by atoms with Crippen LogP contribution in [-0.4, -0.2) is 50.6 Å². The highest BCUT2D eigenvalue weighted by Crippen LogP contribution is 2.36. The molecule has 2 aromatic carbocycles. The van der Waals surface area contributed by atoms with Crippen molar-refractivity contribution in [2.75, 3.05) is 24.5 Å². The monoisotopic (exact) mass is 414 g/mol. The maximum Gasteiger partial charge on any atom is 0.251 e. The molecule has 0 spiro atoms. The van der Waals surface area contributed by atoms with E-state index in [4.69, 9.17) is 0 Å². The van der Waals surface area contributed by atoms with Gasteiger partial charge in [0.25, 0.3) is 5.95 Å². The number of aromatic nitrogens is 4. The van der Waals surface area contributed by atoms with Crippen LogP contribution >= 0.6 is 0 Å². The summed E-state index contributed by atoms with van der Waals surface area (Å²) >= 11 is 0. The minimum Gasteiger partial charge on any atom is -0.341 e. The van der Waals surface area contributed by atoms with Crippen LogP contribution in [0.4, 0.5) is 5.95 Å². The predicted molar refractivity (Wildman–Crippen MR) is 119 cm³/mol. The van der Waals surface area contributed by atoms with Crippen molar-refractivity contribution in [2.24, 2.45) is 5.92 Å². The predicted octanol–water partition coefficient (Wildman–Crippen LogP) is 3.38. The number of amides is 1. The minimum atomic E-state index is -0.136. The highest BCUT2D eigenvalue weighted by Gasteiger charge is 2.33. The van der Waals surface area contributed by atoms with E-state index in [-0.39, 0.29) is 18.5 Å². The molecule has 0 unspecified atom stereocenters. The SMILES string of the molecule is CC1CCN(C(=O)CN2C(c3ccccc3)=C[C@H](c3ccccc3)n3nnnc32)CC1. The summed E-state index contributed by atoms with van der Waals surface area (Å²) in [5, 5.41) is 12.5. The molecule has 3 aromatic rings. The van der Waals surface area contributed by atoms with Gasteiger partial charge in [0.05, 0.1) is 5.70 Å². The maximum absolute atomic E-state index is 13.2. The molecule has 0 bridgehead atoms. The standard InChI is InChI=1S/C24H26N6O/c1-18-12-14-28(15-13-18)23(31)17-29-21(19-8-4-2-5-9-19)16-22(20-10-6-3-7-11-20)30-24(29)25-26-27-30/h2-11,16,18,22H,12-15,17H2,1H3/t22-/m1/s1. The van der Waals surface area contributed by atoms with Gasteiger partial charge < -0.3 is 4.90 Å². The molecule has 7 nitrogen and oxygen atoms in total. The quantitative estimate of drug-likeness (QED) is 0.655. The maximum atomic E-state index is 13.2. The first kappa shape index (κ1) is 19.5. The first-order valence-electron chi connectivity index (χ1n) is 10.9. The largest absolute Gasteiger partial charge is 0.341 e. The van der Waals surface area contributed by atoms with Crippen LogP contribution in [0.25, 0.3) is 5.70 Å². The summed E-state index contributed by atoms with van der Waals surface area (Å²) in [6.07, 6.45) is 4.27. The lowest BCUT2D eigenvalue weighted by molar-refractivity contribution is -0.130. The fourth-order valence-electron chi connectivity index (χ4n) is 4.36. The number of carbonyl (C=O) groups excluding carboxylic acids is 1. The van der Waals surface area contributed by atoms with E-state index < -0.39 is 0 Å². The van der Waals surface area contributed by atoms with Crippen molar-refractivity contribution in [2.45, 2.75) is 25.8 Å². The fourth-order valence-corrected chi connectivity index (χ4v) is 4.36. The van der Waals surface area contributed by atoms with Gasteiger partial charge in [-0.05, 0) is 46.4 Å². The Bertz CT molecular complexity index is 1070. The molecule has 7 heteroatoms. The lowest BCUT2D eigenvalue weighted by Crippen LogP contribution is -2.45. The van der Waals surface area contributed by atoms with Crippen LogP contribution < -0.4 is 4.90 Å². The van der Waals surface area contributed by atoms with Crippen molar-refractivity contribution in [3.8, 4) is 0 Å². The highest BCUT2D eigenvalue weighted by atomic mass is 16.2. The van der Waals surface area contributed by atoms with Gasteiger partial charge in [-0.1, -0.05) is 72.7 Å². The van der Waals surface area contributed by atoms with Crippen LogP contribution in [0, 0.1) is 5.92 Å². The van der Waals surface area contributed by atoms with Crippen LogP contribution in [-0.2, 0) is 4.79 Å². The number of likely N-dealkylation sites (tertiary alicyclic amines) is 1. The number of benzene rings is 2. The van der Waals surface area contributed by atoms with Gasteiger partial charge in [0.15, 0.2) is 0 Å². The third-order valence-corrected chi connectivity index (χ3v) is 6.23. The van der Waals surface area contributed by atoms with Crippen molar-refractivity contribution in [3.63, 3.8) is 0 Å². The van der Waals surface area contributed by atoms with Gasteiger partial charge in [0, 0.05) is 13.1 Å². The summed E-state index contributed by atoms with van der Waals surface area (Å²) < 4.78 is 1.80. The summed E-state index contributed by atoms with van der Waals surface area (Å²) in [7, 11) is 0. The van der Waals surface area contributed by atoms with Crippen molar-refractivity contribution in [3.05, 3.63) is 77.9 Å². The molecule has 3 heterocycles.